The number of Topliss-reactive ketones (excluding diaryl/α,β-unsaturated/α-hetero) is 1. The van der Waals surface area contributed by atoms with Crippen molar-refractivity contribution >= 4 is 5.78 Å². The standard InChI is InChI=1S/C19H26O6/c1-4-11-6-7-12(21)16-15(11)19(14(23)5-2)17(25-16)13(22)8-9-18(19,24)10(3)20/h6-7,10,14,17,20-21,23-24H,4-5,8-9H2,1-3H3/t10-,14+,17-,18+,19-/m0/s1. The fourth-order valence-corrected chi connectivity index (χ4v) is 4.74. The molecule has 25 heavy (non-hydrogen) atoms. The zero-order valence-electron chi connectivity index (χ0n) is 14.8. The molecule has 6 nitrogen and oxygen atoms in total. The molecule has 0 radical (unpaired) electrons. The molecule has 3 rings (SSSR count). The molecule has 1 aromatic rings. The van der Waals surface area contributed by atoms with E-state index in [0.29, 0.717) is 12.0 Å². The SMILES string of the molecule is CCc1ccc(O)c2c1[C@@]1([C@H](O)CC)[C@@H](O2)C(=O)CC[C@@]1(O)[C@H](C)O. The van der Waals surface area contributed by atoms with Gasteiger partial charge in [-0.2, -0.15) is 0 Å². The molecule has 138 valence electrons. The maximum atomic E-state index is 12.7. The molecule has 0 saturated heterocycles. The topological polar surface area (TPSA) is 107 Å². The summed E-state index contributed by atoms with van der Waals surface area (Å²) in [6.07, 6.45) is -2.54. The molecule has 1 saturated carbocycles. The Kier molecular flexibility index (Phi) is 4.34. The molecule has 1 fully saturated rings. The number of phenols is 1. The lowest BCUT2D eigenvalue weighted by atomic mass is 9.53. The van der Waals surface area contributed by atoms with Crippen LogP contribution in [0.4, 0.5) is 0 Å². The van der Waals surface area contributed by atoms with Crippen molar-refractivity contribution in [1.82, 2.24) is 0 Å². The molecule has 0 amide bonds. The van der Waals surface area contributed by atoms with E-state index >= 15 is 0 Å². The van der Waals surface area contributed by atoms with Crippen molar-refractivity contribution in [3.63, 3.8) is 0 Å². The number of ketones is 1. The van der Waals surface area contributed by atoms with Crippen LogP contribution < -0.4 is 4.74 Å². The molecule has 0 unspecified atom stereocenters. The minimum absolute atomic E-state index is 0.0265. The minimum atomic E-state index is -1.75. The van der Waals surface area contributed by atoms with E-state index in [1.165, 1.54) is 13.0 Å². The van der Waals surface area contributed by atoms with Gasteiger partial charge in [0.25, 0.3) is 0 Å². The average molecular weight is 350 g/mol. The van der Waals surface area contributed by atoms with E-state index in [4.69, 9.17) is 4.74 Å². The van der Waals surface area contributed by atoms with E-state index < -0.39 is 29.3 Å². The number of phenolic OH excluding ortho intramolecular Hbond substituents is 1. The highest BCUT2D eigenvalue weighted by Crippen LogP contribution is 2.60. The van der Waals surface area contributed by atoms with Gasteiger partial charge < -0.3 is 25.2 Å². The van der Waals surface area contributed by atoms with Crippen LogP contribution in [-0.2, 0) is 16.6 Å². The minimum Gasteiger partial charge on any atom is -0.504 e. The Morgan fingerprint density at radius 3 is 2.56 bits per heavy atom. The summed E-state index contributed by atoms with van der Waals surface area (Å²) < 4.78 is 5.84. The molecular formula is C19H26O6. The molecule has 0 spiro atoms. The highest BCUT2D eigenvalue weighted by atomic mass is 16.5. The number of aryl methyl sites for hydroxylation is 1. The van der Waals surface area contributed by atoms with Crippen LogP contribution in [0, 0.1) is 0 Å². The molecule has 0 bridgehead atoms. The van der Waals surface area contributed by atoms with Gasteiger partial charge in [-0.1, -0.05) is 19.9 Å². The van der Waals surface area contributed by atoms with E-state index in [1.54, 1.807) is 13.0 Å². The van der Waals surface area contributed by atoms with Crippen LogP contribution in [0.5, 0.6) is 11.5 Å². The van der Waals surface area contributed by atoms with Gasteiger partial charge in [0.2, 0.25) is 0 Å². The summed E-state index contributed by atoms with van der Waals surface area (Å²) in [5.74, 6) is -0.244. The number of fused-ring (bicyclic) bond motifs is 3. The third-order valence-electron chi connectivity index (χ3n) is 6.03. The van der Waals surface area contributed by atoms with Crippen molar-refractivity contribution < 1.29 is 30.0 Å². The zero-order valence-corrected chi connectivity index (χ0v) is 14.8. The number of aliphatic hydroxyl groups is 3. The van der Waals surface area contributed by atoms with E-state index in [2.05, 4.69) is 0 Å². The van der Waals surface area contributed by atoms with E-state index in [-0.39, 0.29) is 36.5 Å². The molecule has 1 aliphatic carbocycles. The summed E-state index contributed by atoms with van der Waals surface area (Å²) in [5, 5.41) is 43.3. The summed E-state index contributed by atoms with van der Waals surface area (Å²) in [7, 11) is 0. The number of aliphatic hydroxyl groups excluding tert-OH is 2. The molecule has 0 aromatic heterocycles. The largest absolute Gasteiger partial charge is 0.504 e. The summed E-state index contributed by atoms with van der Waals surface area (Å²) in [4.78, 5) is 12.7. The van der Waals surface area contributed by atoms with Crippen LogP contribution in [0.3, 0.4) is 0 Å². The molecule has 5 atom stereocenters. The van der Waals surface area contributed by atoms with E-state index in [9.17, 15) is 25.2 Å². The van der Waals surface area contributed by atoms with Crippen molar-refractivity contribution in [2.75, 3.05) is 0 Å². The van der Waals surface area contributed by atoms with Crippen LogP contribution in [0.1, 0.15) is 51.2 Å². The van der Waals surface area contributed by atoms with Gasteiger partial charge in [-0.25, -0.2) is 0 Å². The van der Waals surface area contributed by atoms with Crippen molar-refractivity contribution in [2.24, 2.45) is 0 Å². The Balaban J connectivity index is 2.42. The second kappa shape index (κ2) is 5.97. The van der Waals surface area contributed by atoms with Gasteiger partial charge in [0.05, 0.1) is 12.2 Å². The number of rotatable bonds is 4. The Morgan fingerprint density at radius 1 is 1.32 bits per heavy atom. The van der Waals surface area contributed by atoms with Crippen LogP contribution >= 0.6 is 0 Å². The monoisotopic (exact) mass is 350 g/mol. The molecular weight excluding hydrogens is 324 g/mol. The third-order valence-corrected chi connectivity index (χ3v) is 6.03. The third kappa shape index (κ3) is 2.11. The molecule has 1 heterocycles. The van der Waals surface area contributed by atoms with Gasteiger partial charge >= 0.3 is 0 Å². The molecule has 1 aliphatic heterocycles. The first-order chi connectivity index (χ1) is 11.8. The maximum absolute atomic E-state index is 12.7. The molecule has 2 aliphatic rings. The van der Waals surface area contributed by atoms with Gasteiger partial charge in [-0.15, -0.1) is 0 Å². The van der Waals surface area contributed by atoms with E-state index in [0.717, 1.165) is 5.56 Å². The van der Waals surface area contributed by atoms with Gasteiger partial charge in [-0.3, -0.25) is 4.79 Å². The number of aromatic hydroxyl groups is 1. The Hall–Kier alpha value is -1.63. The maximum Gasteiger partial charge on any atom is 0.174 e. The number of ether oxygens (including phenoxy) is 1. The fraction of sp³-hybridized carbons (Fsp3) is 0.632. The Labute approximate surface area is 147 Å². The number of benzene rings is 1. The predicted molar refractivity (Wildman–Crippen MR) is 90.7 cm³/mol. The summed E-state index contributed by atoms with van der Waals surface area (Å²) in [6, 6.07) is 3.21. The van der Waals surface area contributed by atoms with Crippen molar-refractivity contribution in [3.8, 4) is 11.5 Å². The smallest absolute Gasteiger partial charge is 0.174 e. The lowest BCUT2D eigenvalue weighted by molar-refractivity contribution is -0.196. The first-order valence-corrected chi connectivity index (χ1v) is 8.88. The second-order valence-corrected chi connectivity index (χ2v) is 7.16. The number of carbonyl (C=O) groups excluding carboxylic acids is 1. The Morgan fingerprint density at radius 2 is 2.00 bits per heavy atom. The van der Waals surface area contributed by atoms with Crippen LogP contribution in [0.2, 0.25) is 0 Å². The lowest BCUT2D eigenvalue weighted by Gasteiger charge is -2.54. The summed E-state index contributed by atoms with van der Waals surface area (Å²) in [6.45, 7) is 5.13. The number of carbonyl (C=O) groups is 1. The van der Waals surface area contributed by atoms with Gasteiger partial charge in [0, 0.05) is 12.0 Å². The van der Waals surface area contributed by atoms with Crippen LogP contribution in [0.15, 0.2) is 12.1 Å². The molecule has 6 heteroatoms. The normalized spacial score (nSPS) is 33.4. The zero-order chi connectivity index (χ0) is 18.6. The quantitative estimate of drug-likeness (QED) is 0.650. The lowest BCUT2D eigenvalue weighted by Crippen LogP contribution is -2.71. The first-order valence-electron chi connectivity index (χ1n) is 8.88. The number of hydrogen-bond acceptors (Lipinski definition) is 6. The highest BCUT2D eigenvalue weighted by molar-refractivity contribution is 5.89. The molecule has 1 aromatic carbocycles. The number of hydrogen-bond donors (Lipinski definition) is 4. The van der Waals surface area contributed by atoms with Crippen LogP contribution in [-0.4, -0.2) is 50.1 Å². The van der Waals surface area contributed by atoms with Gasteiger partial charge in [-0.05, 0) is 37.8 Å². The van der Waals surface area contributed by atoms with Gasteiger partial charge in [0.1, 0.15) is 11.0 Å². The van der Waals surface area contributed by atoms with Crippen molar-refractivity contribution in [2.45, 2.75) is 75.8 Å². The van der Waals surface area contributed by atoms with Gasteiger partial charge in [0.15, 0.2) is 23.4 Å². The summed E-state index contributed by atoms with van der Waals surface area (Å²) >= 11 is 0. The first kappa shape index (κ1) is 18.2. The van der Waals surface area contributed by atoms with Crippen molar-refractivity contribution in [1.29, 1.82) is 0 Å². The average Bonchev–Trinajstić information content (AvgIpc) is 2.97. The summed E-state index contributed by atoms with van der Waals surface area (Å²) in [5.41, 5.74) is -2.03. The fourth-order valence-electron chi connectivity index (χ4n) is 4.74. The predicted octanol–water partition coefficient (Wildman–Crippen LogP) is 1.20. The Bertz CT molecular complexity index is 699. The highest BCUT2D eigenvalue weighted by Gasteiger charge is 2.71. The van der Waals surface area contributed by atoms with Crippen LogP contribution in [0.25, 0.3) is 0 Å². The van der Waals surface area contributed by atoms with Crippen molar-refractivity contribution in [3.05, 3.63) is 23.3 Å². The molecule has 4 N–H and O–H groups in total. The second-order valence-electron chi connectivity index (χ2n) is 7.16. The van der Waals surface area contributed by atoms with E-state index in [1.807, 2.05) is 6.92 Å².